The van der Waals surface area contributed by atoms with Gasteiger partial charge in [0.15, 0.2) is 0 Å². The lowest BCUT2D eigenvalue weighted by atomic mass is 10.1. The van der Waals surface area contributed by atoms with Crippen molar-refractivity contribution in [2.45, 2.75) is 6.54 Å². The number of hydrogen-bond donors (Lipinski definition) is 2. The molecule has 1 saturated heterocycles. The van der Waals surface area contributed by atoms with Crippen molar-refractivity contribution in [3.8, 4) is 0 Å². The first kappa shape index (κ1) is 19.8. The molecule has 0 radical (unpaired) electrons. The molecule has 31 heavy (non-hydrogen) atoms. The van der Waals surface area contributed by atoms with Gasteiger partial charge in [0.1, 0.15) is 5.01 Å². The van der Waals surface area contributed by atoms with Crippen molar-refractivity contribution < 1.29 is 0 Å². The summed E-state index contributed by atoms with van der Waals surface area (Å²) < 4.78 is 0. The van der Waals surface area contributed by atoms with Gasteiger partial charge in [-0.15, -0.1) is 11.3 Å². The Kier molecular flexibility index (Phi) is 5.69. The summed E-state index contributed by atoms with van der Waals surface area (Å²) in [4.78, 5) is 9.26. The number of fused-ring (bicyclic) bond motifs is 1. The Hall–Kier alpha value is -3.16. The highest BCUT2D eigenvalue weighted by Gasteiger charge is 2.19. The van der Waals surface area contributed by atoms with E-state index in [0.717, 1.165) is 65.6 Å². The summed E-state index contributed by atoms with van der Waals surface area (Å²) in [5, 5.41) is 15.7. The van der Waals surface area contributed by atoms with Crippen LogP contribution in [0.25, 0.3) is 23.1 Å². The van der Waals surface area contributed by atoms with Crippen molar-refractivity contribution in [2.24, 2.45) is 0 Å². The lowest BCUT2D eigenvalue weighted by molar-refractivity contribution is 0.313. The third-order valence-electron chi connectivity index (χ3n) is 5.70. The standard InChI is InChI=1S/C24H26N6S/c1-29-10-12-30(13-11-29)23-16-21-19(15-22(23)26-17-24-25-9-14-31-24)20(27-28-21)8-7-18-5-3-2-4-6-18/h2-9,14-16,26H,10-13,17H2,1H3,(H,27,28)/b8-7+. The van der Waals surface area contributed by atoms with Crippen LogP contribution in [0, 0.1) is 0 Å². The number of likely N-dealkylation sites (N-methyl/N-ethyl adjacent to an activating group) is 1. The fourth-order valence-corrected chi connectivity index (χ4v) is 4.46. The highest BCUT2D eigenvalue weighted by Crippen LogP contribution is 2.33. The minimum Gasteiger partial charge on any atom is -0.377 e. The van der Waals surface area contributed by atoms with Crippen LogP contribution in [0.4, 0.5) is 11.4 Å². The van der Waals surface area contributed by atoms with Gasteiger partial charge in [0.05, 0.1) is 29.1 Å². The first-order valence-corrected chi connectivity index (χ1v) is 11.5. The van der Waals surface area contributed by atoms with Crippen molar-refractivity contribution in [1.29, 1.82) is 0 Å². The molecule has 0 bridgehead atoms. The number of piperazine rings is 1. The van der Waals surface area contributed by atoms with E-state index in [-0.39, 0.29) is 0 Å². The average molecular weight is 431 g/mol. The molecule has 5 rings (SSSR count). The van der Waals surface area contributed by atoms with Crippen LogP contribution in [-0.2, 0) is 6.54 Å². The van der Waals surface area contributed by atoms with E-state index in [1.54, 1.807) is 11.3 Å². The highest BCUT2D eigenvalue weighted by atomic mass is 32.1. The van der Waals surface area contributed by atoms with Crippen LogP contribution >= 0.6 is 11.3 Å². The van der Waals surface area contributed by atoms with Gasteiger partial charge < -0.3 is 15.1 Å². The summed E-state index contributed by atoms with van der Waals surface area (Å²) in [6.45, 7) is 4.89. The molecule has 158 valence electrons. The van der Waals surface area contributed by atoms with E-state index < -0.39 is 0 Å². The molecule has 0 spiro atoms. The summed E-state index contributed by atoms with van der Waals surface area (Å²) in [5.74, 6) is 0. The van der Waals surface area contributed by atoms with E-state index in [2.05, 4.69) is 73.8 Å². The Morgan fingerprint density at radius 1 is 1.10 bits per heavy atom. The second kappa shape index (κ2) is 8.91. The van der Waals surface area contributed by atoms with E-state index in [4.69, 9.17) is 0 Å². The van der Waals surface area contributed by atoms with Gasteiger partial charge in [0.25, 0.3) is 0 Å². The molecule has 0 atom stereocenters. The number of hydrogen-bond acceptors (Lipinski definition) is 6. The second-order valence-electron chi connectivity index (χ2n) is 7.84. The third kappa shape index (κ3) is 4.47. The molecular weight excluding hydrogens is 404 g/mol. The molecule has 0 saturated carbocycles. The number of aromatic nitrogens is 3. The molecule has 1 aliphatic heterocycles. The number of nitrogens with zero attached hydrogens (tertiary/aromatic N) is 4. The number of aromatic amines is 1. The fourth-order valence-electron chi connectivity index (χ4n) is 3.90. The van der Waals surface area contributed by atoms with Gasteiger partial charge in [-0.25, -0.2) is 4.98 Å². The van der Waals surface area contributed by atoms with Gasteiger partial charge in [0, 0.05) is 43.1 Å². The van der Waals surface area contributed by atoms with Crippen LogP contribution in [-0.4, -0.2) is 53.3 Å². The summed E-state index contributed by atoms with van der Waals surface area (Å²) in [5.41, 5.74) is 5.51. The topological polar surface area (TPSA) is 60.1 Å². The number of rotatable bonds is 6. The van der Waals surface area contributed by atoms with Gasteiger partial charge >= 0.3 is 0 Å². The van der Waals surface area contributed by atoms with Crippen LogP contribution in [0.15, 0.2) is 54.0 Å². The highest BCUT2D eigenvalue weighted by molar-refractivity contribution is 7.09. The van der Waals surface area contributed by atoms with E-state index >= 15 is 0 Å². The normalized spacial score (nSPS) is 15.2. The van der Waals surface area contributed by atoms with E-state index in [0.29, 0.717) is 0 Å². The summed E-state index contributed by atoms with van der Waals surface area (Å²) in [6.07, 6.45) is 6.04. The lowest BCUT2D eigenvalue weighted by Crippen LogP contribution is -2.44. The molecule has 6 nitrogen and oxygen atoms in total. The Balaban J connectivity index is 1.49. The molecule has 0 unspecified atom stereocenters. The predicted molar refractivity (Wildman–Crippen MR) is 131 cm³/mol. The second-order valence-corrected chi connectivity index (χ2v) is 8.82. The van der Waals surface area contributed by atoms with Crippen molar-refractivity contribution in [1.82, 2.24) is 20.1 Å². The molecule has 2 N–H and O–H groups in total. The van der Waals surface area contributed by atoms with Crippen LogP contribution in [0.5, 0.6) is 0 Å². The first-order chi connectivity index (χ1) is 15.3. The Morgan fingerprint density at radius 2 is 1.94 bits per heavy atom. The Labute approximate surface area is 186 Å². The molecule has 2 aromatic heterocycles. The minimum absolute atomic E-state index is 0.719. The molecule has 7 heteroatoms. The first-order valence-electron chi connectivity index (χ1n) is 10.6. The molecule has 1 fully saturated rings. The van der Waals surface area contributed by atoms with Gasteiger partial charge in [-0.1, -0.05) is 36.4 Å². The Bertz CT molecular complexity index is 1160. The van der Waals surface area contributed by atoms with Gasteiger partial charge in [0.2, 0.25) is 0 Å². The average Bonchev–Trinajstić information content (AvgIpc) is 3.46. The summed E-state index contributed by atoms with van der Waals surface area (Å²) >= 11 is 1.67. The third-order valence-corrected chi connectivity index (χ3v) is 6.48. The van der Waals surface area contributed by atoms with E-state index in [1.807, 2.05) is 29.8 Å². The van der Waals surface area contributed by atoms with Crippen LogP contribution < -0.4 is 10.2 Å². The zero-order valence-electron chi connectivity index (χ0n) is 17.6. The maximum absolute atomic E-state index is 4.58. The smallest absolute Gasteiger partial charge is 0.112 e. The zero-order chi connectivity index (χ0) is 21.0. The van der Waals surface area contributed by atoms with Crippen molar-refractivity contribution in [3.05, 3.63) is 70.3 Å². The maximum Gasteiger partial charge on any atom is 0.112 e. The number of benzene rings is 2. The monoisotopic (exact) mass is 430 g/mol. The van der Waals surface area contributed by atoms with Crippen LogP contribution in [0.3, 0.4) is 0 Å². The summed E-state index contributed by atoms with van der Waals surface area (Å²) in [7, 11) is 2.18. The number of H-pyrrole nitrogens is 1. The summed E-state index contributed by atoms with van der Waals surface area (Å²) in [6, 6.07) is 14.8. The van der Waals surface area contributed by atoms with E-state index in [1.165, 1.54) is 5.69 Å². The maximum atomic E-state index is 4.58. The fraction of sp³-hybridized carbons (Fsp3) is 0.250. The Morgan fingerprint density at radius 3 is 2.71 bits per heavy atom. The quantitative estimate of drug-likeness (QED) is 0.470. The molecular formula is C24H26N6S. The number of thiazole rings is 1. The van der Waals surface area contributed by atoms with E-state index in [9.17, 15) is 0 Å². The van der Waals surface area contributed by atoms with Crippen molar-refractivity contribution >= 4 is 45.8 Å². The van der Waals surface area contributed by atoms with Crippen molar-refractivity contribution in [3.63, 3.8) is 0 Å². The SMILES string of the molecule is CN1CCN(c2cc3[nH]nc(/C=C/c4ccccc4)c3cc2NCc2nccs2)CC1. The molecule has 2 aromatic carbocycles. The van der Waals surface area contributed by atoms with Crippen LogP contribution in [0.1, 0.15) is 16.3 Å². The molecule has 3 heterocycles. The minimum atomic E-state index is 0.719. The van der Waals surface area contributed by atoms with Gasteiger partial charge in [-0.3, -0.25) is 5.10 Å². The number of anilines is 2. The number of nitrogens with one attached hydrogen (secondary N) is 2. The molecule has 4 aromatic rings. The zero-order valence-corrected chi connectivity index (χ0v) is 18.4. The predicted octanol–water partition coefficient (Wildman–Crippen LogP) is 4.55. The lowest BCUT2D eigenvalue weighted by Gasteiger charge is -2.35. The molecule has 0 amide bonds. The van der Waals surface area contributed by atoms with Gasteiger partial charge in [-0.05, 0) is 30.8 Å². The van der Waals surface area contributed by atoms with Crippen LogP contribution in [0.2, 0.25) is 0 Å². The largest absolute Gasteiger partial charge is 0.377 e. The molecule has 1 aliphatic rings. The molecule has 0 aliphatic carbocycles. The van der Waals surface area contributed by atoms with Gasteiger partial charge in [-0.2, -0.15) is 5.10 Å². The van der Waals surface area contributed by atoms with Crippen molar-refractivity contribution in [2.75, 3.05) is 43.4 Å².